The highest BCUT2D eigenvalue weighted by atomic mass is 16.5. The number of hydrogen-bond acceptors (Lipinski definition) is 3. The summed E-state index contributed by atoms with van der Waals surface area (Å²) >= 11 is 0. The second-order valence-corrected chi connectivity index (χ2v) is 4.80. The maximum atomic E-state index is 12.0. The maximum Gasteiger partial charge on any atom is 0.241 e. The summed E-state index contributed by atoms with van der Waals surface area (Å²) in [6.07, 6.45) is 2.05. The smallest absolute Gasteiger partial charge is 0.241 e. The van der Waals surface area contributed by atoms with E-state index in [-0.39, 0.29) is 18.1 Å². The number of ether oxygens (including phenoxy) is 1. The standard InChI is InChI=1S/C14H20N2O2/c1-10(2)18-13-8-4-3-6-11(13)16-14(17)12-7-5-9-15-12/h3-4,6,8,10,12,15H,5,7,9H2,1-2H3,(H,16,17). The fourth-order valence-electron chi connectivity index (χ4n) is 2.05. The lowest BCUT2D eigenvalue weighted by molar-refractivity contribution is -0.117. The van der Waals surface area contributed by atoms with Gasteiger partial charge in [-0.15, -0.1) is 0 Å². The molecule has 0 aromatic heterocycles. The molecule has 1 atom stereocenters. The van der Waals surface area contributed by atoms with Crippen LogP contribution in [0.15, 0.2) is 24.3 Å². The van der Waals surface area contributed by atoms with Crippen LogP contribution in [-0.4, -0.2) is 24.6 Å². The quantitative estimate of drug-likeness (QED) is 0.858. The minimum Gasteiger partial charge on any atom is -0.489 e. The van der Waals surface area contributed by atoms with Crippen LogP contribution in [0.25, 0.3) is 0 Å². The van der Waals surface area contributed by atoms with Crippen LogP contribution < -0.4 is 15.4 Å². The van der Waals surface area contributed by atoms with Crippen LogP contribution in [0.4, 0.5) is 5.69 Å². The van der Waals surface area contributed by atoms with E-state index in [2.05, 4.69) is 10.6 Å². The number of amides is 1. The monoisotopic (exact) mass is 248 g/mol. The highest BCUT2D eigenvalue weighted by molar-refractivity contribution is 5.96. The number of para-hydroxylation sites is 2. The summed E-state index contributed by atoms with van der Waals surface area (Å²) < 4.78 is 5.67. The molecule has 1 aliphatic heterocycles. The number of carbonyl (C=O) groups is 1. The molecule has 4 nitrogen and oxygen atoms in total. The van der Waals surface area contributed by atoms with Crippen molar-refractivity contribution in [3.63, 3.8) is 0 Å². The van der Waals surface area contributed by atoms with Crippen molar-refractivity contribution >= 4 is 11.6 Å². The van der Waals surface area contributed by atoms with Gasteiger partial charge in [-0.05, 0) is 45.4 Å². The van der Waals surface area contributed by atoms with Crippen molar-refractivity contribution in [1.82, 2.24) is 5.32 Å². The summed E-state index contributed by atoms with van der Waals surface area (Å²) in [5.74, 6) is 0.742. The Labute approximate surface area is 108 Å². The summed E-state index contributed by atoms with van der Waals surface area (Å²) in [6.45, 7) is 4.86. The zero-order chi connectivity index (χ0) is 13.0. The van der Waals surface area contributed by atoms with Crippen LogP contribution in [0.3, 0.4) is 0 Å². The lowest BCUT2D eigenvalue weighted by Gasteiger charge is -2.16. The molecular formula is C14H20N2O2. The van der Waals surface area contributed by atoms with Crippen molar-refractivity contribution in [2.75, 3.05) is 11.9 Å². The third-order valence-electron chi connectivity index (χ3n) is 2.88. The van der Waals surface area contributed by atoms with E-state index in [1.165, 1.54) is 0 Å². The molecular weight excluding hydrogens is 228 g/mol. The molecule has 1 fully saturated rings. The lowest BCUT2D eigenvalue weighted by atomic mass is 10.2. The van der Waals surface area contributed by atoms with Gasteiger partial charge in [0.15, 0.2) is 0 Å². The van der Waals surface area contributed by atoms with Crippen LogP contribution >= 0.6 is 0 Å². The Morgan fingerprint density at radius 2 is 2.22 bits per heavy atom. The SMILES string of the molecule is CC(C)Oc1ccccc1NC(=O)C1CCCN1. The van der Waals surface area contributed by atoms with Crippen molar-refractivity contribution in [2.45, 2.75) is 38.8 Å². The number of rotatable bonds is 4. The number of hydrogen-bond donors (Lipinski definition) is 2. The van der Waals surface area contributed by atoms with Crippen LogP contribution in [0.1, 0.15) is 26.7 Å². The van der Waals surface area contributed by atoms with Gasteiger partial charge in [0.1, 0.15) is 5.75 Å². The Morgan fingerprint density at radius 3 is 2.89 bits per heavy atom. The van der Waals surface area contributed by atoms with E-state index in [1.54, 1.807) is 0 Å². The highest BCUT2D eigenvalue weighted by Gasteiger charge is 2.22. The Bertz CT molecular complexity index is 412. The Morgan fingerprint density at radius 1 is 1.44 bits per heavy atom. The molecule has 1 amide bonds. The van der Waals surface area contributed by atoms with E-state index in [0.29, 0.717) is 0 Å². The first-order valence-corrected chi connectivity index (χ1v) is 6.47. The molecule has 0 spiro atoms. The number of anilines is 1. The fourth-order valence-corrected chi connectivity index (χ4v) is 2.05. The van der Waals surface area contributed by atoms with Crippen LogP contribution in [0.5, 0.6) is 5.75 Å². The van der Waals surface area contributed by atoms with Gasteiger partial charge in [-0.25, -0.2) is 0 Å². The van der Waals surface area contributed by atoms with Crippen molar-refractivity contribution in [3.8, 4) is 5.75 Å². The van der Waals surface area contributed by atoms with Crippen LogP contribution in [-0.2, 0) is 4.79 Å². The molecule has 18 heavy (non-hydrogen) atoms. The van der Waals surface area contributed by atoms with E-state index in [0.717, 1.165) is 30.8 Å². The molecule has 1 saturated heterocycles. The summed E-state index contributed by atoms with van der Waals surface area (Å²) in [7, 11) is 0. The van der Waals surface area contributed by atoms with Gasteiger partial charge in [0.25, 0.3) is 0 Å². The normalized spacial score (nSPS) is 18.9. The van der Waals surface area contributed by atoms with Crippen molar-refractivity contribution < 1.29 is 9.53 Å². The third kappa shape index (κ3) is 3.23. The van der Waals surface area contributed by atoms with Crippen molar-refractivity contribution in [1.29, 1.82) is 0 Å². The first kappa shape index (κ1) is 12.9. The van der Waals surface area contributed by atoms with Gasteiger partial charge >= 0.3 is 0 Å². The summed E-state index contributed by atoms with van der Waals surface area (Å²) in [5.41, 5.74) is 0.741. The summed E-state index contributed by atoms with van der Waals surface area (Å²) in [4.78, 5) is 12.0. The van der Waals surface area contributed by atoms with Gasteiger partial charge in [-0.3, -0.25) is 4.79 Å². The Balaban J connectivity index is 2.05. The largest absolute Gasteiger partial charge is 0.489 e. The van der Waals surface area contributed by atoms with Gasteiger partial charge in [0.2, 0.25) is 5.91 Å². The Hall–Kier alpha value is -1.55. The molecule has 0 aliphatic carbocycles. The molecule has 0 bridgehead atoms. The van der Waals surface area contributed by atoms with E-state index in [1.807, 2.05) is 38.1 Å². The maximum absolute atomic E-state index is 12.0. The molecule has 0 saturated carbocycles. The van der Waals surface area contributed by atoms with Gasteiger partial charge in [0.05, 0.1) is 17.8 Å². The molecule has 2 N–H and O–H groups in total. The van der Waals surface area contributed by atoms with Crippen LogP contribution in [0, 0.1) is 0 Å². The first-order chi connectivity index (χ1) is 8.66. The number of nitrogens with one attached hydrogen (secondary N) is 2. The van der Waals surface area contributed by atoms with E-state index in [4.69, 9.17) is 4.74 Å². The number of benzene rings is 1. The molecule has 1 aromatic rings. The van der Waals surface area contributed by atoms with Crippen LogP contribution in [0.2, 0.25) is 0 Å². The van der Waals surface area contributed by atoms with Gasteiger partial charge in [-0.2, -0.15) is 0 Å². The molecule has 1 aliphatic rings. The molecule has 1 aromatic carbocycles. The minimum atomic E-state index is -0.0721. The fraction of sp³-hybridized carbons (Fsp3) is 0.500. The van der Waals surface area contributed by atoms with Gasteiger partial charge in [-0.1, -0.05) is 12.1 Å². The molecule has 4 heteroatoms. The molecule has 2 rings (SSSR count). The second kappa shape index (κ2) is 5.87. The van der Waals surface area contributed by atoms with E-state index in [9.17, 15) is 4.79 Å². The summed E-state index contributed by atoms with van der Waals surface area (Å²) in [6, 6.07) is 7.46. The lowest BCUT2D eigenvalue weighted by Crippen LogP contribution is -2.35. The van der Waals surface area contributed by atoms with E-state index >= 15 is 0 Å². The molecule has 98 valence electrons. The average Bonchev–Trinajstić information content (AvgIpc) is 2.84. The predicted octanol–water partition coefficient (Wildman–Crippen LogP) is 2.16. The molecule has 0 radical (unpaired) electrons. The predicted molar refractivity (Wildman–Crippen MR) is 71.9 cm³/mol. The van der Waals surface area contributed by atoms with Crippen molar-refractivity contribution in [2.24, 2.45) is 0 Å². The topological polar surface area (TPSA) is 50.4 Å². The zero-order valence-corrected chi connectivity index (χ0v) is 10.9. The van der Waals surface area contributed by atoms with E-state index < -0.39 is 0 Å². The zero-order valence-electron chi connectivity index (χ0n) is 10.9. The van der Waals surface area contributed by atoms with Crippen molar-refractivity contribution in [3.05, 3.63) is 24.3 Å². The average molecular weight is 248 g/mol. The number of carbonyl (C=O) groups excluding carboxylic acids is 1. The third-order valence-corrected chi connectivity index (χ3v) is 2.88. The van der Waals surface area contributed by atoms with Gasteiger partial charge < -0.3 is 15.4 Å². The minimum absolute atomic E-state index is 0.0207. The first-order valence-electron chi connectivity index (χ1n) is 6.47. The highest BCUT2D eigenvalue weighted by Crippen LogP contribution is 2.25. The van der Waals surface area contributed by atoms with Gasteiger partial charge in [0, 0.05) is 0 Å². The second-order valence-electron chi connectivity index (χ2n) is 4.80. The molecule has 1 heterocycles. The summed E-state index contributed by atoms with van der Waals surface area (Å²) in [5, 5.41) is 6.12. The Kier molecular flexibility index (Phi) is 4.20. The molecule has 1 unspecified atom stereocenters.